The average molecular weight is 512 g/mol. The van der Waals surface area contributed by atoms with E-state index in [4.69, 9.17) is 0 Å². The number of benzene rings is 3. The molecule has 0 aliphatic rings. The number of nitrogens with zero attached hydrogens (tertiary/aromatic N) is 3. The summed E-state index contributed by atoms with van der Waals surface area (Å²) < 4.78 is 0. The molecule has 0 radical (unpaired) electrons. The van der Waals surface area contributed by atoms with Crippen LogP contribution in [0.3, 0.4) is 0 Å². The lowest BCUT2D eigenvalue weighted by Gasteiger charge is -2.12. The molecule has 9 heteroatoms. The lowest BCUT2D eigenvalue weighted by atomic mass is 10.2. The summed E-state index contributed by atoms with van der Waals surface area (Å²) >= 11 is 0. The Morgan fingerprint density at radius 1 is 0.737 bits per heavy atom. The summed E-state index contributed by atoms with van der Waals surface area (Å²) in [4.78, 5) is 26.1. The average Bonchev–Trinajstić information content (AvgIpc) is 2.94. The lowest BCUT2D eigenvalue weighted by molar-refractivity contribution is 0.0951. The molecule has 4 rings (SSSR count). The van der Waals surface area contributed by atoms with Gasteiger partial charge in [0.25, 0.3) is 5.91 Å². The summed E-state index contributed by atoms with van der Waals surface area (Å²) in [5.41, 5.74) is 3.08. The smallest absolute Gasteiger partial charge is 0.251 e. The molecule has 1 aromatic heterocycles. The first-order chi connectivity index (χ1) is 18.6. The summed E-state index contributed by atoms with van der Waals surface area (Å²) in [6.07, 6.45) is 4.54. The van der Waals surface area contributed by atoms with Gasteiger partial charge in [0.1, 0.15) is 5.75 Å². The van der Waals surface area contributed by atoms with E-state index in [0.717, 1.165) is 36.3 Å². The van der Waals surface area contributed by atoms with Crippen molar-refractivity contribution in [2.24, 2.45) is 0 Å². The van der Waals surface area contributed by atoms with Crippen LogP contribution in [-0.2, 0) is 6.54 Å². The van der Waals surface area contributed by atoms with E-state index in [1.807, 2.05) is 42.5 Å². The summed E-state index contributed by atoms with van der Waals surface area (Å²) in [6, 6.07) is 23.6. The van der Waals surface area contributed by atoms with Gasteiger partial charge in [0.05, 0.1) is 0 Å². The molecular weight excluding hydrogens is 478 g/mol. The van der Waals surface area contributed by atoms with E-state index in [-0.39, 0.29) is 11.7 Å². The molecule has 196 valence electrons. The van der Waals surface area contributed by atoms with E-state index >= 15 is 0 Å². The third-order valence-electron chi connectivity index (χ3n) is 5.77. The Labute approximate surface area is 222 Å². The molecule has 0 fully saturated rings. The first kappa shape index (κ1) is 26.4. The second-order valence-electron chi connectivity index (χ2n) is 8.84. The Bertz CT molecular complexity index is 1300. The number of rotatable bonds is 13. The number of amides is 1. The SMILES string of the molecule is CCCCCCNc1nc(Nc2ccc(O)cc2)nc(Nc2ccc(C(=O)NCc3ccccc3)cc2)n1. The normalized spacial score (nSPS) is 10.6. The topological polar surface area (TPSA) is 124 Å². The van der Waals surface area contributed by atoms with Gasteiger partial charge in [-0.2, -0.15) is 15.0 Å². The maximum Gasteiger partial charge on any atom is 0.251 e. The van der Waals surface area contributed by atoms with Crippen LogP contribution >= 0.6 is 0 Å². The number of phenolic OH excluding ortho intramolecular Hbond substituents is 1. The van der Waals surface area contributed by atoms with Crippen LogP contribution in [-0.4, -0.2) is 32.5 Å². The number of carbonyl (C=O) groups is 1. The van der Waals surface area contributed by atoms with Crippen molar-refractivity contribution in [2.45, 2.75) is 39.2 Å². The number of aromatic hydroxyl groups is 1. The zero-order valence-corrected chi connectivity index (χ0v) is 21.4. The first-order valence-corrected chi connectivity index (χ1v) is 12.8. The monoisotopic (exact) mass is 511 g/mol. The third-order valence-corrected chi connectivity index (χ3v) is 5.77. The van der Waals surface area contributed by atoms with Crippen LogP contribution < -0.4 is 21.3 Å². The maximum absolute atomic E-state index is 12.5. The Morgan fingerprint density at radius 3 is 1.97 bits per heavy atom. The van der Waals surface area contributed by atoms with Gasteiger partial charge in [-0.3, -0.25) is 4.79 Å². The summed E-state index contributed by atoms with van der Waals surface area (Å²) in [5, 5.41) is 22.1. The standard InChI is InChI=1S/C29H33N7O2/c1-2-3-4-8-19-30-27-34-28(36-29(35-27)33-24-15-17-25(37)18-16-24)32-23-13-11-22(12-14-23)26(38)31-20-21-9-6-5-7-10-21/h5-7,9-18,37H,2-4,8,19-20H2,1H3,(H,31,38)(H3,30,32,33,34,35,36). The quantitative estimate of drug-likeness (QED) is 0.110. The molecule has 5 N–H and O–H groups in total. The van der Waals surface area contributed by atoms with Crippen molar-refractivity contribution < 1.29 is 9.90 Å². The van der Waals surface area contributed by atoms with Gasteiger partial charge in [0, 0.05) is 30.0 Å². The van der Waals surface area contributed by atoms with E-state index in [9.17, 15) is 9.90 Å². The van der Waals surface area contributed by atoms with Crippen molar-refractivity contribution in [1.29, 1.82) is 0 Å². The molecule has 9 nitrogen and oxygen atoms in total. The minimum atomic E-state index is -0.143. The molecule has 0 atom stereocenters. The summed E-state index contributed by atoms with van der Waals surface area (Å²) in [5.74, 6) is 1.22. The van der Waals surface area contributed by atoms with Crippen molar-refractivity contribution in [2.75, 3.05) is 22.5 Å². The van der Waals surface area contributed by atoms with Gasteiger partial charge >= 0.3 is 0 Å². The molecule has 1 amide bonds. The molecular formula is C29H33N7O2. The van der Waals surface area contributed by atoms with Gasteiger partial charge in [-0.15, -0.1) is 0 Å². The van der Waals surface area contributed by atoms with Crippen molar-refractivity contribution in [1.82, 2.24) is 20.3 Å². The number of nitrogens with one attached hydrogen (secondary N) is 4. The van der Waals surface area contributed by atoms with Crippen LogP contribution in [0.1, 0.15) is 48.5 Å². The number of phenols is 1. The van der Waals surface area contributed by atoms with Crippen LogP contribution in [0.5, 0.6) is 5.75 Å². The minimum Gasteiger partial charge on any atom is -0.508 e. The fourth-order valence-electron chi connectivity index (χ4n) is 3.71. The highest BCUT2D eigenvalue weighted by atomic mass is 16.3. The van der Waals surface area contributed by atoms with Gasteiger partial charge in [-0.1, -0.05) is 56.5 Å². The van der Waals surface area contributed by atoms with Crippen LogP contribution in [0.25, 0.3) is 0 Å². The van der Waals surface area contributed by atoms with E-state index in [2.05, 4.69) is 43.1 Å². The first-order valence-electron chi connectivity index (χ1n) is 12.8. The van der Waals surface area contributed by atoms with E-state index in [1.54, 1.807) is 36.4 Å². The largest absolute Gasteiger partial charge is 0.508 e. The number of hydrogen-bond donors (Lipinski definition) is 5. The van der Waals surface area contributed by atoms with Crippen molar-refractivity contribution in [3.05, 3.63) is 90.0 Å². The molecule has 0 spiro atoms. The van der Waals surface area contributed by atoms with Gasteiger partial charge in [-0.25, -0.2) is 0 Å². The van der Waals surface area contributed by atoms with Gasteiger partial charge in [0.15, 0.2) is 0 Å². The van der Waals surface area contributed by atoms with Gasteiger partial charge in [-0.05, 0) is 60.5 Å². The second kappa shape index (κ2) is 13.6. The fourth-order valence-corrected chi connectivity index (χ4v) is 3.71. The maximum atomic E-state index is 12.5. The highest BCUT2D eigenvalue weighted by Gasteiger charge is 2.10. The molecule has 0 saturated heterocycles. The van der Waals surface area contributed by atoms with Crippen LogP contribution in [0, 0.1) is 0 Å². The Kier molecular flexibility index (Phi) is 9.45. The highest BCUT2D eigenvalue weighted by molar-refractivity contribution is 5.94. The molecule has 3 aromatic carbocycles. The van der Waals surface area contributed by atoms with Gasteiger partial charge < -0.3 is 26.4 Å². The number of aromatic nitrogens is 3. The molecule has 38 heavy (non-hydrogen) atoms. The van der Waals surface area contributed by atoms with Crippen LogP contribution in [0.15, 0.2) is 78.9 Å². The third kappa shape index (κ3) is 8.19. The fraction of sp³-hybridized carbons (Fsp3) is 0.241. The van der Waals surface area contributed by atoms with E-state index in [1.165, 1.54) is 12.8 Å². The number of hydrogen-bond acceptors (Lipinski definition) is 8. The predicted molar refractivity (Wildman–Crippen MR) is 151 cm³/mol. The molecule has 4 aromatic rings. The summed E-state index contributed by atoms with van der Waals surface area (Å²) in [6.45, 7) is 3.41. The molecule has 1 heterocycles. The molecule has 0 aliphatic heterocycles. The van der Waals surface area contributed by atoms with E-state index < -0.39 is 0 Å². The molecule has 0 bridgehead atoms. The lowest BCUT2D eigenvalue weighted by Crippen LogP contribution is -2.22. The number of unbranched alkanes of at least 4 members (excludes halogenated alkanes) is 3. The highest BCUT2D eigenvalue weighted by Crippen LogP contribution is 2.21. The zero-order chi connectivity index (χ0) is 26.6. The Morgan fingerprint density at radius 2 is 1.34 bits per heavy atom. The zero-order valence-electron chi connectivity index (χ0n) is 21.4. The van der Waals surface area contributed by atoms with Crippen molar-refractivity contribution in [3.63, 3.8) is 0 Å². The van der Waals surface area contributed by atoms with Gasteiger partial charge in [0.2, 0.25) is 17.8 Å². The Hall–Kier alpha value is -4.66. The number of carbonyl (C=O) groups excluding carboxylic acids is 1. The minimum absolute atomic E-state index is 0.143. The van der Waals surface area contributed by atoms with Crippen LogP contribution in [0.4, 0.5) is 29.2 Å². The van der Waals surface area contributed by atoms with E-state index in [0.29, 0.717) is 30.0 Å². The molecule has 0 unspecified atom stereocenters. The second-order valence-corrected chi connectivity index (χ2v) is 8.84. The Balaban J connectivity index is 1.43. The van der Waals surface area contributed by atoms with Crippen LogP contribution in [0.2, 0.25) is 0 Å². The van der Waals surface area contributed by atoms with Crippen molar-refractivity contribution >= 4 is 35.1 Å². The summed E-state index contributed by atoms with van der Waals surface area (Å²) in [7, 11) is 0. The molecule has 0 saturated carbocycles. The molecule has 0 aliphatic carbocycles. The number of anilines is 5. The predicted octanol–water partition coefficient (Wildman–Crippen LogP) is 5.99. The van der Waals surface area contributed by atoms with Crippen molar-refractivity contribution in [3.8, 4) is 5.75 Å².